The van der Waals surface area contributed by atoms with Gasteiger partial charge in [-0.1, -0.05) is 24.3 Å². The number of carbonyl (C=O) groups excluding carboxylic acids is 1. The molecule has 178 valence electrons. The van der Waals surface area contributed by atoms with Crippen molar-refractivity contribution in [1.82, 2.24) is 10.2 Å². The van der Waals surface area contributed by atoms with E-state index in [1.807, 2.05) is 17.0 Å². The Balaban J connectivity index is 1.18. The summed E-state index contributed by atoms with van der Waals surface area (Å²) >= 11 is 0. The predicted octanol–water partition coefficient (Wildman–Crippen LogP) is 2.30. The van der Waals surface area contributed by atoms with Crippen molar-refractivity contribution >= 4 is 21.6 Å². The molecule has 4 rings (SSSR count). The highest BCUT2D eigenvalue weighted by molar-refractivity contribution is 7.89. The number of piperidine rings is 1. The SMILES string of the molecule is NS(=O)(=O)c1ccc(CCNC2CCN(c3ccc(CC(=O)N4CCCC4)cc3)CC2)cc1. The number of nitrogens with zero attached hydrogens (tertiary/aromatic N) is 2. The van der Waals surface area contributed by atoms with E-state index in [0.717, 1.165) is 76.0 Å². The van der Waals surface area contributed by atoms with Crippen LogP contribution in [0.3, 0.4) is 0 Å². The first-order valence-corrected chi connectivity index (χ1v) is 13.4. The number of carbonyl (C=O) groups is 1. The molecule has 0 spiro atoms. The average molecular weight is 471 g/mol. The minimum atomic E-state index is -3.63. The Morgan fingerprint density at radius 1 is 0.909 bits per heavy atom. The molecule has 8 heteroatoms. The minimum Gasteiger partial charge on any atom is -0.371 e. The third-order valence-corrected chi connectivity index (χ3v) is 7.64. The van der Waals surface area contributed by atoms with E-state index in [9.17, 15) is 13.2 Å². The maximum absolute atomic E-state index is 12.3. The molecule has 2 aliphatic rings. The number of likely N-dealkylation sites (tertiary alicyclic amines) is 1. The van der Waals surface area contributed by atoms with Gasteiger partial charge in [-0.05, 0) is 74.0 Å². The van der Waals surface area contributed by atoms with E-state index in [0.29, 0.717) is 12.5 Å². The molecular weight excluding hydrogens is 436 g/mol. The summed E-state index contributed by atoms with van der Waals surface area (Å²) in [5, 5.41) is 8.78. The molecule has 2 saturated heterocycles. The molecule has 0 aliphatic carbocycles. The Morgan fingerprint density at radius 2 is 1.52 bits per heavy atom. The lowest BCUT2D eigenvalue weighted by atomic mass is 10.0. The second kappa shape index (κ2) is 10.7. The molecule has 2 heterocycles. The molecular formula is C25H34N4O3S. The van der Waals surface area contributed by atoms with Crippen molar-refractivity contribution in [3.63, 3.8) is 0 Å². The molecule has 2 aromatic rings. The Morgan fingerprint density at radius 3 is 2.12 bits per heavy atom. The normalized spacial score (nSPS) is 17.5. The topological polar surface area (TPSA) is 95.7 Å². The van der Waals surface area contributed by atoms with Crippen LogP contribution < -0.4 is 15.4 Å². The van der Waals surface area contributed by atoms with E-state index >= 15 is 0 Å². The molecule has 2 aliphatic heterocycles. The van der Waals surface area contributed by atoms with Gasteiger partial charge in [0.2, 0.25) is 15.9 Å². The van der Waals surface area contributed by atoms with Crippen LogP contribution in [0.1, 0.15) is 36.8 Å². The van der Waals surface area contributed by atoms with Crippen LogP contribution in [0.25, 0.3) is 0 Å². The largest absolute Gasteiger partial charge is 0.371 e. The first-order valence-electron chi connectivity index (χ1n) is 11.9. The van der Waals surface area contributed by atoms with E-state index in [1.54, 1.807) is 12.1 Å². The van der Waals surface area contributed by atoms with Crippen molar-refractivity contribution in [3.05, 3.63) is 59.7 Å². The highest BCUT2D eigenvalue weighted by Crippen LogP contribution is 2.21. The summed E-state index contributed by atoms with van der Waals surface area (Å²) < 4.78 is 22.7. The number of amides is 1. The van der Waals surface area contributed by atoms with Crippen LogP contribution in [0.2, 0.25) is 0 Å². The van der Waals surface area contributed by atoms with E-state index in [-0.39, 0.29) is 10.8 Å². The van der Waals surface area contributed by atoms with Crippen molar-refractivity contribution in [2.75, 3.05) is 37.6 Å². The number of rotatable bonds is 8. The maximum Gasteiger partial charge on any atom is 0.238 e. The molecule has 0 saturated carbocycles. The van der Waals surface area contributed by atoms with Crippen LogP contribution in [-0.2, 0) is 27.7 Å². The van der Waals surface area contributed by atoms with Gasteiger partial charge in [0.25, 0.3) is 0 Å². The van der Waals surface area contributed by atoms with Crippen LogP contribution in [0.5, 0.6) is 0 Å². The summed E-state index contributed by atoms with van der Waals surface area (Å²) in [5.74, 6) is 0.243. The highest BCUT2D eigenvalue weighted by atomic mass is 32.2. The standard InChI is InChI=1S/C25H34N4O3S/c26-33(31,32)24-9-5-20(6-10-24)11-14-27-22-12-17-28(18-13-22)23-7-3-21(4-8-23)19-25(30)29-15-1-2-16-29/h3-10,22,27H,1-2,11-19H2,(H2,26,31,32). The van der Waals surface area contributed by atoms with Gasteiger partial charge in [-0.25, -0.2) is 13.6 Å². The van der Waals surface area contributed by atoms with Gasteiger partial charge >= 0.3 is 0 Å². The number of hydrogen-bond acceptors (Lipinski definition) is 5. The lowest BCUT2D eigenvalue weighted by Crippen LogP contribution is -2.43. The summed E-state index contributed by atoms with van der Waals surface area (Å²) in [5.41, 5.74) is 3.40. The summed E-state index contributed by atoms with van der Waals surface area (Å²) in [4.78, 5) is 16.9. The smallest absolute Gasteiger partial charge is 0.238 e. The molecule has 7 nitrogen and oxygen atoms in total. The van der Waals surface area contributed by atoms with E-state index < -0.39 is 10.0 Å². The quantitative estimate of drug-likeness (QED) is 0.617. The van der Waals surface area contributed by atoms with Gasteiger partial charge in [-0.15, -0.1) is 0 Å². The molecule has 1 amide bonds. The van der Waals surface area contributed by atoms with Gasteiger partial charge < -0.3 is 15.1 Å². The Kier molecular flexibility index (Phi) is 7.67. The van der Waals surface area contributed by atoms with Gasteiger partial charge in [0.1, 0.15) is 0 Å². The third kappa shape index (κ3) is 6.56. The number of hydrogen-bond donors (Lipinski definition) is 2. The Labute approximate surface area is 197 Å². The highest BCUT2D eigenvalue weighted by Gasteiger charge is 2.20. The van der Waals surface area contributed by atoms with E-state index in [4.69, 9.17) is 5.14 Å². The number of benzene rings is 2. The van der Waals surface area contributed by atoms with Crippen LogP contribution in [0.15, 0.2) is 53.4 Å². The Bertz CT molecular complexity index is 1020. The minimum absolute atomic E-state index is 0.151. The van der Waals surface area contributed by atoms with Gasteiger partial charge in [-0.2, -0.15) is 0 Å². The predicted molar refractivity (Wildman–Crippen MR) is 131 cm³/mol. The van der Waals surface area contributed by atoms with Gasteiger partial charge in [0, 0.05) is 37.9 Å². The first kappa shape index (κ1) is 23.7. The zero-order chi connectivity index (χ0) is 23.3. The first-order chi connectivity index (χ1) is 15.9. The lowest BCUT2D eigenvalue weighted by molar-refractivity contribution is -0.129. The van der Waals surface area contributed by atoms with Crippen LogP contribution in [-0.4, -0.2) is 58.0 Å². The van der Waals surface area contributed by atoms with Crippen molar-refractivity contribution < 1.29 is 13.2 Å². The van der Waals surface area contributed by atoms with Crippen LogP contribution >= 0.6 is 0 Å². The molecule has 3 N–H and O–H groups in total. The number of primary sulfonamides is 1. The number of nitrogens with one attached hydrogen (secondary N) is 1. The zero-order valence-corrected chi connectivity index (χ0v) is 19.9. The number of anilines is 1. The van der Waals surface area contributed by atoms with Gasteiger partial charge in [0.05, 0.1) is 11.3 Å². The fraction of sp³-hybridized carbons (Fsp3) is 0.480. The summed E-state index contributed by atoms with van der Waals surface area (Å²) in [6, 6.07) is 15.7. The van der Waals surface area contributed by atoms with Crippen molar-refractivity contribution in [3.8, 4) is 0 Å². The summed E-state index contributed by atoms with van der Waals surface area (Å²) in [7, 11) is -3.63. The molecule has 0 radical (unpaired) electrons. The molecule has 2 aromatic carbocycles. The lowest BCUT2D eigenvalue weighted by Gasteiger charge is -2.34. The van der Waals surface area contributed by atoms with Crippen LogP contribution in [0.4, 0.5) is 5.69 Å². The van der Waals surface area contributed by atoms with Crippen molar-refractivity contribution in [2.24, 2.45) is 5.14 Å². The second-order valence-corrected chi connectivity index (χ2v) is 10.6. The second-order valence-electron chi connectivity index (χ2n) is 9.09. The van der Waals surface area contributed by atoms with Crippen molar-refractivity contribution in [1.29, 1.82) is 0 Å². The number of sulfonamides is 1. The fourth-order valence-electron chi connectivity index (χ4n) is 4.69. The summed E-state index contributed by atoms with van der Waals surface area (Å²) in [6.07, 6.45) is 5.77. The molecule has 0 aromatic heterocycles. The van der Waals surface area contributed by atoms with E-state index in [2.05, 4.69) is 34.5 Å². The fourth-order valence-corrected chi connectivity index (χ4v) is 5.20. The molecule has 0 atom stereocenters. The third-order valence-electron chi connectivity index (χ3n) is 6.71. The average Bonchev–Trinajstić information content (AvgIpc) is 3.35. The zero-order valence-electron chi connectivity index (χ0n) is 19.1. The van der Waals surface area contributed by atoms with Gasteiger partial charge in [0.15, 0.2) is 0 Å². The van der Waals surface area contributed by atoms with Gasteiger partial charge in [-0.3, -0.25) is 4.79 Å². The monoisotopic (exact) mass is 470 g/mol. The van der Waals surface area contributed by atoms with Crippen LogP contribution in [0, 0.1) is 0 Å². The van der Waals surface area contributed by atoms with Crippen molar-refractivity contribution in [2.45, 2.75) is 49.5 Å². The molecule has 33 heavy (non-hydrogen) atoms. The molecule has 0 unspecified atom stereocenters. The number of nitrogens with two attached hydrogens (primary N) is 1. The molecule has 2 fully saturated rings. The molecule has 0 bridgehead atoms. The Hall–Kier alpha value is -2.42. The van der Waals surface area contributed by atoms with E-state index in [1.165, 1.54) is 5.69 Å². The summed E-state index contributed by atoms with van der Waals surface area (Å²) in [6.45, 7) is 4.69. The maximum atomic E-state index is 12.3.